The van der Waals surface area contributed by atoms with Crippen LogP contribution in [-0.4, -0.2) is 55.0 Å². The van der Waals surface area contributed by atoms with Gasteiger partial charge in [0.05, 0.1) is 5.25 Å². The Morgan fingerprint density at radius 2 is 1.32 bits per heavy atom. The van der Waals surface area contributed by atoms with Crippen LogP contribution in [0.3, 0.4) is 0 Å². The zero-order chi connectivity index (χ0) is 15.6. The molecule has 3 aliphatic rings. The molecule has 0 unspecified atom stereocenters. The summed E-state index contributed by atoms with van der Waals surface area (Å²) < 4.78 is 26.8. The molecule has 0 aromatic rings. The molecule has 6 heteroatoms. The monoisotopic (exact) mass is 328 g/mol. The van der Waals surface area contributed by atoms with Crippen LogP contribution in [-0.2, 0) is 14.8 Å². The van der Waals surface area contributed by atoms with Crippen LogP contribution in [0.1, 0.15) is 57.8 Å². The summed E-state index contributed by atoms with van der Waals surface area (Å²) in [6.45, 7) is 2.11. The van der Waals surface area contributed by atoms with Crippen molar-refractivity contribution >= 4 is 15.9 Å². The van der Waals surface area contributed by atoms with E-state index < -0.39 is 10.0 Å². The third-order valence-corrected chi connectivity index (χ3v) is 7.99. The molecule has 0 spiro atoms. The van der Waals surface area contributed by atoms with Crippen molar-refractivity contribution in [2.75, 3.05) is 26.2 Å². The first-order valence-electron chi connectivity index (χ1n) is 8.87. The predicted octanol–water partition coefficient (Wildman–Crippen LogP) is 1.98. The second-order valence-electron chi connectivity index (χ2n) is 7.01. The lowest BCUT2D eigenvalue weighted by Gasteiger charge is -2.37. The molecule has 1 saturated heterocycles. The van der Waals surface area contributed by atoms with E-state index in [0.29, 0.717) is 26.2 Å². The van der Waals surface area contributed by atoms with E-state index in [1.54, 1.807) is 4.31 Å². The molecule has 3 fully saturated rings. The fourth-order valence-corrected chi connectivity index (χ4v) is 6.19. The molecule has 0 bridgehead atoms. The first kappa shape index (κ1) is 16.2. The Balaban J connectivity index is 1.54. The molecule has 0 aromatic carbocycles. The minimum Gasteiger partial charge on any atom is -0.340 e. The third-order valence-electron chi connectivity index (χ3n) is 5.59. The van der Waals surface area contributed by atoms with E-state index in [-0.39, 0.29) is 17.1 Å². The molecular formula is C16H28N2O3S. The van der Waals surface area contributed by atoms with Gasteiger partial charge in [-0.15, -0.1) is 0 Å². The fourth-order valence-electron chi connectivity index (χ4n) is 4.17. The standard InChI is InChI=1S/C16H28N2O3S/c19-16(14-6-2-1-3-7-14)17-10-12-18(13-11-17)22(20,21)15-8-4-5-9-15/h14-15H,1-13H2. The maximum absolute atomic E-state index is 12.6. The minimum atomic E-state index is -3.14. The van der Waals surface area contributed by atoms with E-state index in [1.165, 1.54) is 6.42 Å². The zero-order valence-electron chi connectivity index (χ0n) is 13.4. The largest absolute Gasteiger partial charge is 0.340 e. The lowest BCUT2D eigenvalue weighted by Crippen LogP contribution is -2.53. The summed E-state index contributed by atoms with van der Waals surface area (Å²) in [5, 5.41) is -0.173. The molecule has 1 amide bonds. The van der Waals surface area contributed by atoms with Gasteiger partial charge in [-0.05, 0) is 25.7 Å². The van der Waals surface area contributed by atoms with Crippen molar-refractivity contribution in [2.24, 2.45) is 5.92 Å². The number of nitrogens with zero attached hydrogens (tertiary/aromatic N) is 2. The Kier molecular flexibility index (Phi) is 5.07. The summed E-state index contributed by atoms with van der Waals surface area (Å²) in [5.74, 6) is 0.448. The summed E-state index contributed by atoms with van der Waals surface area (Å²) in [4.78, 5) is 14.4. The Morgan fingerprint density at radius 1 is 0.773 bits per heavy atom. The molecule has 1 heterocycles. The maximum atomic E-state index is 12.6. The molecule has 2 saturated carbocycles. The molecule has 1 aliphatic heterocycles. The van der Waals surface area contributed by atoms with Crippen LogP contribution >= 0.6 is 0 Å². The summed E-state index contributed by atoms with van der Waals surface area (Å²) in [7, 11) is -3.14. The van der Waals surface area contributed by atoms with Gasteiger partial charge in [0.25, 0.3) is 0 Å². The van der Waals surface area contributed by atoms with E-state index in [4.69, 9.17) is 0 Å². The zero-order valence-corrected chi connectivity index (χ0v) is 14.2. The average molecular weight is 328 g/mol. The Labute approximate surface area is 134 Å². The highest BCUT2D eigenvalue weighted by Crippen LogP contribution is 2.29. The van der Waals surface area contributed by atoms with E-state index in [2.05, 4.69) is 0 Å². The van der Waals surface area contributed by atoms with Crippen LogP contribution in [0.4, 0.5) is 0 Å². The molecule has 3 rings (SSSR count). The highest BCUT2D eigenvalue weighted by Gasteiger charge is 2.37. The number of amides is 1. The van der Waals surface area contributed by atoms with Gasteiger partial charge in [-0.2, -0.15) is 4.31 Å². The Bertz CT molecular complexity index is 486. The molecule has 0 radical (unpaired) electrons. The van der Waals surface area contributed by atoms with Gasteiger partial charge in [-0.3, -0.25) is 4.79 Å². The quantitative estimate of drug-likeness (QED) is 0.796. The van der Waals surface area contributed by atoms with Gasteiger partial charge in [0.2, 0.25) is 15.9 Å². The topological polar surface area (TPSA) is 57.7 Å². The second kappa shape index (κ2) is 6.87. The van der Waals surface area contributed by atoms with Crippen molar-refractivity contribution in [1.82, 2.24) is 9.21 Å². The highest BCUT2D eigenvalue weighted by atomic mass is 32.2. The number of carbonyl (C=O) groups excluding carboxylic acids is 1. The maximum Gasteiger partial charge on any atom is 0.225 e. The molecule has 0 atom stereocenters. The molecule has 5 nitrogen and oxygen atoms in total. The highest BCUT2D eigenvalue weighted by molar-refractivity contribution is 7.89. The summed E-state index contributed by atoms with van der Waals surface area (Å²) in [6.07, 6.45) is 9.27. The predicted molar refractivity (Wildman–Crippen MR) is 85.9 cm³/mol. The lowest BCUT2D eigenvalue weighted by molar-refractivity contribution is -0.137. The fraction of sp³-hybridized carbons (Fsp3) is 0.938. The number of carbonyl (C=O) groups is 1. The van der Waals surface area contributed by atoms with Crippen molar-refractivity contribution in [1.29, 1.82) is 0 Å². The SMILES string of the molecule is O=C(C1CCCCC1)N1CCN(S(=O)(=O)C2CCCC2)CC1. The van der Waals surface area contributed by atoms with Gasteiger partial charge >= 0.3 is 0 Å². The third kappa shape index (κ3) is 3.32. The molecule has 0 aromatic heterocycles. The van der Waals surface area contributed by atoms with E-state index >= 15 is 0 Å². The molecule has 22 heavy (non-hydrogen) atoms. The van der Waals surface area contributed by atoms with Crippen molar-refractivity contribution in [2.45, 2.75) is 63.0 Å². The van der Waals surface area contributed by atoms with Crippen molar-refractivity contribution < 1.29 is 13.2 Å². The summed E-state index contributed by atoms with van der Waals surface area (Å²) in [5.41, 5.74) is 0. The molecule has 126 valence electrons. The van der Waals surface area contributed by atoms with Gasteiger partial charge in [-0.25, -0.2) is 8.42 Å². The first-order chi connectivity index (χ1) is 10.6. The van der Waals surface area contributed by atoms with E-state index in [1.807, 2.05) is 4.90 Å². The van der Waals surface area contributed by atoms with Gasteiger partial charge in [0.15, 0.2) is 0 Å². The van der Waals surface area contributed by atoms with E-state index in [9.17, 15) is 13.2 Å². The summed E-state index contributed by atoms with van der Waals surface area (Å²) in [6, 6.07) is 0. The van der Waals surface area contributed by atoms with Crippen LogP contribution in [0, 0.1) is 5.92 Å². The van der Waals surface area contributed by atoms with Crippen LogP contribution in [0.5, 0.6) is 0 Å². The smallest absolute Gasteiger partial charge is 0.225 e. The van der Waals surface area contributed by atoms with Crippen molar-refractivity contribution in [3.63, 3.8) is 0 Å². The Hall–Kier alpha value is -0.620. The lowest BCUT2D eigenvalue weighted by atomic mass is 9.88. The normalized spacial score (nSPS) is 26.5. The molecule has 2 aliphatic carbocycles. The van der Waals surface area contributed by atoms with Gasteiger partial charge in [0, 0.05) is 32.1 Å². The first-order valence-corrected chi connectivity index (χ1v) is 10.4. The van der Waals surface area contributed by atoms with Crippen molar-refractivity contribution in [3.8, 4) is 0 Å². The number of rotatable bonds is 3. The summed E-state index contributed by atoms with van der Waals surface area (Å²) >= 11 is 0. The van der Waals surface area contributed by atoms with Gasteiger partial charge in [-0.1, -0.05) is 32.1 Å². The molecular weight excluding hydrogens is 300 g/mol. The molecule has 0 N–H and O–H groups in total. The van der Waals surface area contributed by atoms with E-state index in [0.717, 1.165) is 51.4 Å². The van der Waals surface area contributed by atoms with Gasteiger partial charge in [0.1, 0.15) is 0 Å². The van der Waals surface area contributed by atoms with Gasteiger partial charge < -0.3 is 4.90 Å². The van der Waals surface area contributed by atoms with Crippen LogP contribution in [0.15, 0.2) is 0 Å². The number of hydrogen-bond donors (Lipinski definition) is 0. The van der Waals surface area contributed by atoms with Crippen LogP contribution in [0.2, 0.25) is 0 Å². The number of sulfonamides is 1. The average Bonchev–Trinajstić information content (AvgIpc) is 3.10. The van der Waals surface area contributed by atoms with Crippen molar-refractivity contribution in [3.05, 3.63) is 0 Å². The number of hydrogen-bond acceptors (Lipinski definition) is 3. The van der Waals surface area contributed by atoms with Crippen LogP contribution in [0.25, 0.3) is 0 Å². The van der Waals surface area contributed by atoms with Crippen LogP contribution < -0.4 is 0 Å². The Morgan fingerprint density at radius 3 is 1.91 bits per heavy atom. The second-order valence-corrected chi connectivity index (χ2v) is 9.22. The number of piperazine rings is 1. The minimum absolute atomic E-state index is 0.173.